The van der Waals surface area contributed by atoms with E-state index in [0.717, 1.165) is 6.42 Å². The molecular weight excluding hydrogens is 287 g/mol. The van der Waals surface area contributed by atoms with E-state index in [1.807, 2.05) is 12.1 Å². The molecule has 0 aliphatic heterocycles. The van der Waals surface area contributed by atoms with Gasteiger partial charge in [-0.3, -0.25) is 0 Å². The Bertz CT molecular complexity index is 605. The fourth-order valence-corrected chi connectivity index (χ4v) is 2.33. The van der Waals surface area contributed by atoms with E-state index in [9.17, 15) is 4.39 Å². The number of alkyl halides is 1. The minimum Gasteiger partial charge on any atom is -0.457 e. The predicted octanol–water partition coefficient (Wildman–Crippen LogP) is 6.04. The van der Waals surface area contributed by atoms with Crippen LogP contribution in [0.1, 0.15) is 38.3 Å². The summed E-state index contributed by atoms with van der Waals surface area (Å²) in [6.07, 6.45) is 1.06. The molecule has 2 aromatic rings. The molecule has 0 unspecified atom stereocenters. The van der Waals surface area contributed by atoms with Gasteiger partial charge in [-0.1, -0.05) is 39.0 Å². The molecule has 0 radical (unpaired) electrons. The van der Waals surface area contributed by atoms with Gasteiger partial charge < -0.3 is 4.74 Å². The van der Waals surface area contributed by atoms with Crippen molar-refractivity contribution in [3.05, 3.63) is 59.4 Å². The van der Waals surface area contributed by atoms with Gasteiger partial charge in [-0.2, -0.15) is 0 Å². The molecule has 2 aromatic carbocycles. The van der Waals surface area contributed by atoms with Crippen LogP contribution < -0.4 is 4.74 Å². The second kappa shape index (κ2) is 6.48. The van der Waals surface area contributed by atoms with E-state index in [1.54, 1.807) is 12.1 Å². The maximum absolute atomic E-state index is 13.7. The molecule has 0 N–H and O–H groups in total. The second-order valence-electron chi connectivity index (χ2n) is 5.71. The molecule has 0 aromatic heterocycles. The summed E-state index contributed by atoms with van der Waals surface area (Å²) in [4.78, 5) is 0. The third-order valence-electron chi connectivity index (χ3n) is 3.96. The van der Waals surface area contributed by atoms with Crippen LogP contribution in [0.3, 0.4) is 0 Å². The van der Waals surface area contributed by atoms with Crippen molar-refractivity contribution >= 4 is 11.6 Å². The Labute approximate surface area is 130 Å². The van der Waals surface area contributed by atoms with Crippen LogP contribution in [0.2, 0.25) is 0 Å². The van der Waals surface area contributed by atoms with Crippen LogP contribution in [0, 0.1) is 5.82 Å². The van der Waals surface area contributed by atoms with Gasteiger partial charge in [0.25, 0.3) is 0 Å². The van der Waals surface area contributed by atoms with E-state index in [2.05, 4.69) is 32.9 Å². The number of halogens is 2. The molecule has 21 heavy (non-hydrogen) atoms. The summed E-state index contributed by atoms with van der Waals surface area (Å²) in [5.41, 5.74) is 1.78. The summed E-state index contributed by atoms with van der Waals surface area (Å²) in [5, 5.41) is 0. The van der Waals surface area contributed by atoms with Gasteiger partial charge in [-0.15, -0.1) is 11.6 Å². The van der Waals surface area contributed by atoms with E-state index in [-0.39, 0.29) is 17.1 Å². The van der Waals surface area contributed by atoms with Gasteiger partial charge in [0.15, 0.2) is 0 Å². The summed E-state index contributed by atoms with van der Waals surface area (Å²) < 4.78 is 19.4. The van der Waals surface area contributed by atoms with Gasteiger partial charge in [0, 0.05) is 5.56 Å². The second-order valence-corrected chi connectivity index (χ2v) is 5.98. The third-order valence-corrected chi connectivity index (χ3v) is 4.22. The molecule has 0 amide bonds. The van der Waals surface area contributed by atoms with Crippen LogP contribution >= 0.6 is 11.6 Å². The van der Waals surface area contributed by atoms with Crippen LogP contribution in [-0.4, -0.2) is 0 Å². The number of hydrogen-bond donors (Lipinski definition) is 0. The lowest BCUT2D eigenvalue weighted by molar-refractivity contribution is 0.467. The molecule has 1 nitrogen and oxygen atoms in total. The zero-order chi connectivity index (χ0) is 15.5. The van der Waals surface area contributed by atoms with Crippen LogP contribution in [0.25, 0.3) is 0 Å². The van der Waals surface area contributed by atoms with Crippen molar-refractivity contribution in [1.29, 1.82) is 0 Å². The van der Waals surface area contributed by atoms with Crippen LogP contribution in [0.4, 0.5) is 4.39 Å². The molecule has 0 heterocycles. The average Bonchev–Trinajstić information content (AvgIpc) is 2.48. The van der Waals surface area contributed by atoms with Gasteiger partial charge in [0.2, 0.25) is 0 Å². The third kappa shape index (κ3) is 3.56. The molecule has 0 bridgehead atoms. The number of benzene rings is 2. The van der Waals surface area contributed by atoms with Crippen molar-refractivity contribution in [1.82, 2.24) is 0 Å². The fourth-order valence-electron chi connectivity index (χ4n) is 2.07. The van der Waals surface area contributed by atoms with E-state index < -0.39 is 0 Å². The first-order valence-electron chi connectivity index (χ1n) is 7.09. The van der Waals surface area contributed by atoms with Crippen molar-refractivity contribution in [2.75, 3.05) is 0 Å². The highest BCUT2D eigenvalue weighted by atomic mass is 35.5. The van der Waals surface area contributed by atoms with Crippen molar-refractivity contribution < 1.29 is 9.13 Å². The monoisotopic (exact) mass is 306 g/mol. The summed E-state index contributed by atoms with van der Waals surface area (Å²) in [7, 11) is 0. The maximum atomic E-state index is 13.7. The van der Waals surface area contributed by atoms with Crippen molar-refractivity contribution in [2.45, 2.75) is 38.5 Å². The largest absolute Gasteiger partial charge is 0.457 e. The molecule has 0 spiro atoms. The number of rotatable bonds is 5. The van der Waals surface area contributed by atoms with Gasteiger partial charge >= 0.3 is 0 Å². The van der Waals surface area contributed by atoms with Crippen molar-refractivity contribution in [3.8, 4) is 11.5 Å². The highest BCUT2D eigenvalue weighted by Crippen LogP contribution is 2.31. The number of hydrogen-bond acceptors (Lipinski definition) is 1. The summed E-state index contributed by atoms with van der Waals surface area (Å²) in [5.74, 6) is 0.893. The Morgan fingerprint density at radius 2 is 1.76 bits per heavy atom. The lowest BCUT2D eigenvalue weighted by atomic mass is 9.82. The zero-order valence-corrected chi connectivity index (χ0v) is 13.4. The highest BCUT2D eigenvalue weighted by molar-refractivity contribution is 6.17. The van der Waals surface area contributed by atoms with Gasteiger partial charge in [0.05, 0.1) is 5.88 Å². The smallest absolute Gasteiger partial charge is 0.134 e. The quantitative estimate of drug-likeness (QED) is 0.611. The minimum atomic E-state index is -0.341. The summed E-state index contributed by atoms with van der Waals surface area (Å²) in [6, 6.07) is 12.7. The topological polar surface area (TPSA) is 9.23 Å². The average molecular weight is 307 g/mol. The van der Waals surface area contributed by atoms with Gasteiger partial charge in [0.1, 0.15) is 17.3 Å². The maximum Gasteiger partial charge on any atom is 0.134 e. The molecule has 0 aliphatic carbocycles. The molecule has 2 rings (SSSR count). The first-order valence-corrected chi connectivity index (χ1v) is 7.63. The lowest BCUT2D eigenvalue weighted by Gasteiger charge is -2.23. The highest BCUT2D eigenvalue weighted by Gasteiger charge is 2.17. The Balaban J connectivity index is 2.24. The SMILES string of the molecule is CCC(C)(C)c1ccc(Oc2cccc(F)c2CCl)cc1. The van der Waals surface area contributed by atoms with Crippen LogP contribution in [0.5, 0.6) is 11.5 Å². The molecule has 0 aliphatic rings. The normalized spacial score (nSPS) is 11.5. The standard InChI is InChI=1S/C18H20ClFO/c1-4-18(2,3)13-8-10-14(11-9-13)21-17-7-5-6-16(20)15(17)12-19/h5-11H,4,12H2,1-3H3. The lowest BCUT2D eigenvalue weighted by Crippen LogP contribution is -2.14. The molecule has 0 saturated carbocycles. The summed E-state index contributed by atoms with van der Waals surface area (Å²) >= 11 is 5.79. The van der Waals surface area contributed by atoms with E-state index in [1.165, 1.54) is 11.6 Å². The first kappa shape index (κ1) is 15.8. The van der Waals surface area contributed by atoms with Crippen LogP contribution in [-0.2, 0) is 11.3 Å². The Morgan fingerprint density at radius 1 is 1.10 bits per heavy atom. The van der Waals surface area contributed by atoms with Crippen LogP contribution in [0.15, 0.2) is 42.5 Å². The molecular formula is C18H20ClFO. The molecule has 3 heteroatoms. The number of ether oxygens (including phenoxy) is 1. The molecule has 0 atom stereocenters. The van der Waals surface area contributed by atoms with Gasteiger partial charge in [-0.25, -0.2) is 4.39 Å². The summed E-state index contributed by atoms with van der Waals surface area (Å²) in [6.45, 7) is 6.59. The fraction of sp³-hybridized carbons (Fsp3) is 0.333. The minimum absolute atomic E-state index is 0.0863. The predicted molar refractivity (Wildman–Crippen MR) is 85.8 cm³/mol. The molecule has 112 valence electrons. The van der Waals surface area contributed by atoms with E-state index in [0.29, 0.717) is 17.1 Å². The first-order chi connectivity index (χ1) is 9.97. The Hall–Kier alpha value is -1.54. The Morgan fingerprint density at radius 3 is 2.33 bits per heavy atom. The molecule has 0 saturated heterocycles. The van der Waals surface area contributed by atoms with Gasteiger partial charge in [-0.05, 0) is 41.7 Å². The van der Waals surface area contributed by atoms with Crippen molar-refractivity contribution in [3.63, 3.8) is 0 Å². The van der Waals surface area contributed by atoms with E-state index in [4.69, 9.17) is 16.3 Å². The van der Waals surface area contributed by atoms with Crippen molar-refractivity contribution in [2.24, 2.45) is 0 Å². The Kier molecular flexibility index (Phi) is 4.89. The molecule has 0 fully saturated rings. The van der Waals surface area contributed by atoms with E-state index >= 15 is 0 Å². The zero-order valence-electron chi connectivity index (χ0n) is 12.6.